The van der Waals surface area contributed by atoms with Gasteiger partial charge in [0.05, 0.1) is 0 Å². The summed E-state index contributed by atoms with van der Waals surface area (Å²) in [4.78, 5) is 16.1. The molecule has 0 atom stereocenters. The van der Waals surface area contributed by atoms with E-state index in [-0.39, 0.29) is 12.5 Å². The summed E-state index contributed by atoms with van der Waals surface area (Å²) in [7, 11) is 0. The van der Waals surface area contributed by atoms with Crippen LogP contribution in [0, 0.1) is 6.92 Å². The summed E-state index contributed by atoms with van der Waals surface area (Å²) in [5.41, 5.74) is 1.62. The van der Waals surface area contributed by atoms with Gasteiger partial charge >= 0.3 is 0 Å². The molecule has 4 aromatic rings. The minimum Gasteiger partial charge on any atom is -0.483 e. The number of para-hydroxylation sites is 1. The molecular formula is C22H19N5O3. The Kier molecular flexibility index (Phi) is 5.66. The fourth-order valence-corrected chi connectivity index (χ4v) is 2.69. The monoisotopic (exact) mass is 401 g/mol. The lowest BCUT2D eigenvalue weighted by molar-refractivity contribution is -0.118. The normalized spacial score (nSPS) is 10.4. The zero-order chi connectivity index (χ0) is 20.8. The Balaban J connectivity index is 1.30. The molecule has 0 aliphatic carbocycles. The Morgan fingerprint density at radius 1 is 1.03 bits per heavy atom. The summed E-state index contributed by atoms with van der Waals surface area (Å²) in [5, 5.41) is 10.9. The zero-order valence-corrected chi connectivity index (χ0v) is 16.2. The summed E-state index contributed by atoms with van der Waals surface area (Å²) in [6.07, 6.45) is 5.09. The maximum Gasteiger partial charge on any atom is 0.262 e. The molecule has 0 aliphatic heterocycles. The van der Waals surface area contributed by atoms with Crippen molar-refractivity contribution in [1.29, 1.82) is 0 Å². The summed E-state index contributed by atoms with van der Waals surface area (Å²) < 4.78 is 13.0. The van der Waals surface area contributed by atoms with Crippen molar-refractivity contribution in [1.82, 2.24) is 19.7 Å². The molecule has 0 saturated heterocycles. The highest BCUT2D eigenvalue weighted by Crippen LogP contribution is 2.22. The van der Waals surface area contributed by atoms with Crippen molar-refractivity contribution in [3.8, 4) is 23.2 Å². The SMILES string of the molecule is Cc1ccccc1OCC(=O)Nc1ccc(Oc2ccc(-n3ccnc3)nn2)cc1. The van der Waals surface area contributed by atoms with Crippen LogP contribution in [0.15, 0.2) is 79.4 Å². The van der Waals surface area contributed by atoms with E-state index in [2.05, 4.69) is 20.5 Å². The average Bonchev–Trinajstić information content (AvgIpc) is 3.30. The fourth-order valence-electron chi connectivity index (χ4n) is 2.69. The number of hydrogen-bond donors (Lipinski definition) is 1. The molecule has 1 amide bonds. The number of carbonyl (C=O) groups excluding carboxylic acids is 1. The Labute approximate surface area is 173 Å². The molecule has 0 unspecified atom stereocenters. The minimum atomic E-state index is -0.243. The maximum atomic E-state index is 12.1. The summed E-state index contributed by atoms with van der Waals surface area (Å²) in [6, 6.07) is 18.0. The van der Waals surface area contributed by atoms with Crippen molar-refractivity contribution in [3.05, 3.63) is 84.9 Å². The molecule has 1 N–H and O–H groups in total. The number of aromatic nitrogens is 4. The third-order valence-electron chi connectivity index (χ3n) is 4.21. The van der Waals surface area contributed by atoms with Gasteiger partial charge in [-0.1, -0.05) is 18.2 Å². The number of amides is 1. The molecular weight excluding hydrogens is 382 g/mol. The van der Waals surface area contributed by atoms with Crippen LogP contribution < -0.4 is 14.8 Å². The van der Waals surface area contributed by atoms with E-state index in [0.717, 1.165) is 5.56 Å². The molecule has 0 aliphatic rings. The third kappa shape index (κ3) is 4.79. The van der Waals surface area contributed by atoms with Crippen LogP contribution in [0.4, 0.5) is 5.69 Å². The number of nitrogens with zero attached hydrogens (tertiary/aromatic N) is 4. The first-order valence-corrected chi connectivity index (χ1v) is 9.26. The smallest absolute Gasteiger partial charge is 0.262 e. The molecule has 8 nitrogen and oxygen atoms in total. The van der Waals surface area contributed by atoms with Gasteiger partial charge in [-0.05, 0) is 48.9 Å². The summed E-state index contributed by atoms with van der Waals surface area (Å²) in [5.74, 6) is 2.03. The van der Waals surface area contributed by atoms with Crippen LogP contribution in [-0.4, -0.2) is 32.3 Å². The van der Waals surface area contributed by atoms with Crippen molar-refractivity contribution in [3.63, 3.8) is 0 Å². The largest absolute Gasteiger partial charge is 0.483 e. The molecule has 0 bridgehead atoms. The van der Waals surface area contributed by atoms with Gasteiger partial charge in [0.25, 0.3) is 5.91 Å². The standard InChI is InChI=1S/C22H19N5O3/c1-16-4-2-3-5-19(16)29-14-21(28)24-17-6-8-18(9-7-17)30-22-11-10-20(25-26-22)27-13-12-23-15-27/h2-13,15H,14H2,1H3,(H,24,28). The summed E-state index contributed by atoms with van der Waals surface area (Å²) >= 11 is 0. The number of anilines is 1. The van der Waals surface area contributed by atoms with E-state index in [4.69, 9.17) is 9.47 Å². The molecule has 0 saturated carbocycles. The quantitative estimate of drug-likeness (QED) is 0.507. The van der Waals surface area contributed by atoms with Crippen molar-refractivity contribution in [2.24, 2.45) is 0 Å². The molecule has 0 spiro atoms. The van der Waals surface area contributed by atoms with E-state index >= 15 is 0 Å². The van der Waals surface area contributed by atoms with Gasteiger partial charge in [-0.25, -0.2) is 4.98 Å². The second-order valence-corrected chi connectivity index (χ2v) is 6.43. The van der Waals surface area contributed by atoms with Gasteiger partial charge in [0.2, 0.25) is 5.88 Å². The van der Waals surface area contributed by atoms with E-state index in [1.807, 2.05) is 31.2 Å². The Hall–Kier alpha value is -4.20. The molecule has 2 aromatic heterocycles. The molecule has 0 radical (unpaired) electrons. The van der Waals surface area contributed by atoms with Gasteiger partial charge in [0, 0.05) is 24.1 Å². The third-order valence-corrected chi connectivity index (χ3v) is 4.21. The molecule has 2 heterocycles. The van der Waals surface area contributed by atoms with Crippen LogP contribution in [0.2, 0.25) is 0 Å². The van der Waals surface area contributed by atoms with E-state index in [1.165, 1.54) is 0 Å². The second kappa shape index (κ2) is 8.87. The van der Waals surface area contributed by atoms with E-state index in [9.17, 15) is 4.79 Å². The van der Waals surface area contributed by atoms with Crippen LogP contribution in [0.1, 0.15) is 5.56 Å². The lowest BCUT2D eigenvalue weighted by Gasteiger charge is -2.10. The molecule has 30 heavy (non-hydrogen) atoms. The Bertz CT molecular complexity index is 1110. The van der Waals surface area contributed by atoms with E-state index < -0.39 is 0 Å². The van der Waals surface area contributed by atoms with Gasteiger partial charge in [0.1, 0.15) is 17.8 Å². The van der Waals surface area contributed by atoms with Gasteiger partial charge in [-0.3, -0.25) is 9.36 Å². The molecule has 0 fully saturated rings. The Morgan fingerprint density at radius 3 is 2.57 bits per heavy atom. The van der Waals surface area contributed by atoms with E-state index in [1.54, 1.807) is 59.7 Å². The van der Waals surface area contributed by atoms with Crippen LogP contribution in [0.25, 0.3) is 5.82 Å². The number of aryl methyl sites for hydroxylation is 1. The second-order valence-electron chi connectivity index (χ2n) is 6.43. The maximum absolute atomic E-state index is 12.1. The fraction of sp³-hybridized carbons (Fsp3) is 0.0909. The van der Waals surface area contributed by atoms with Gasteiger partial charge in [-0.2, -0.15) is 0 Å². The first-order chi connectivity index (χ1) is 14.7. The number of rotatable bonds is 7. The van der Waals surface area contributed by atoms with Crippen LogP contribution in [0.5, 0.6) is 17.4 Å². The number of hydrogen-bond acceptors (Lipinski definition) is 6. The average molecular weight is 401 g/mol. The summed E-state index contributed by atoms with van der Waals surface area (Å²) in [6.45, 7) is 1.86. The number of imidazole rings is 1. The highest BCUT2D eigenvalue weighted by molar-refractivity contribution is 5.91. The molecule has 150 valence electrons. The number of nitrogens with one attached hydrogen (secondary N) is 1. The van der Waals surface area contributed by atoms with Crippen molar-refractivity contribution in [2.45, 2.75) is 6.92 Å². The highest BCUT2D eigenvalue weighted by atomic mass is 16.5. The number of carbonyl (C=O) groups is 1. The lowest BCUT2D eigenvalue weighted by Crippen LogP contribution is -2.20. The first kappa shape index (κ1) is 19.1. The van der Waals surface area contributed by atoms with Crippen molar-refractivity contribution in [2.75, 3.05) is 11.9 Å². The molecule has 8 heteroatoms. The van der Waals surface area contributed by atoms with Gasteiger partial charge in [0.15, 0.2) is 12.4 Å². The van der Waals surface area contributed by atoms with Gasteiger partial charge < -0.3 is 14.8 Å². The zero-order valence-electron chi connectivity index (χ0n) is 16.2. The van der Waals surface area contributed by atoms with Crippen LogP contribution >= 0.6 is 0 Å². The topological polar surface area (TPSA) is 91.2 Å². The Morgan fingerprint density at radius 2 is 1.87 bits per heavy atom. The molecule has 4 rings (SSSR count). The van der Waals surface area contributed by atoms with Crippen LogP contribution in [-0.2, 0) is 4.79 Å². The van der Waals surface area contributed by atoms with E-state index in [0.29, 0.717) is 28.9 Å². The van der Waals surface area contributed by atoms with Crippen molar-refractivity contribution >= 4 is 11.6 Å². The highest BCUT2D eigenvalue weighted by Gasteiger charge is 2.06. The van der Waals surface area contributed by atoms with Gasteiger partial charge in [-0.15, -0.1) is 10.2 Å². The van der Waals surface area contributed by atoms with Crippen LogP contribution in [0.3, 0.4) is 0 Å². The van der Waals surface area contributed by atoms with Crippen molar-refractivity contribution < 1.29 is 14.3 Å². The first-order valence-electron chi connectivity index (χ1n) is 9.26. The minimum absolute atomic E-state index is 0.0675. The predicted octanol–water partition coefficient (Wildman–Crippen LogP) is 3.78. The number of ether oxygens (including phenoxy) is 2. The molecule has 2 aromatic carbocycles. The lowest BCUT2D eigenvalue weighted by atomic mass is 10.2. The number of benzene rings is 2. The predicted molar refractivity (Wildman–Crippen MR) is 111 cm³/mol.